The molecule has 0 saturated heterocycles. The zero-order chi connectivity index (χ0) is 17.5. The van der Waals surface area contributed by atoms with Crippen LogP contribution >= 0.6 is 0 Å². The topological polar surface area (TPSA) is 90.7 Å². The van der Waals surface area contributed by atoms with E-state index in [-0.39, 0.29) is 29.8 Å². The molecule has 0 saturated carbocycles. The van der Waals surface area contributed by atoms with Gasteiger partial charge in [0.2, 0.25) is 0 Å². The van der Waals surface area contributed by atoms with Crippen LogP contribution in [0.25, 0.3) is 0 Å². The summed E-state index contributed by atoms with van der Waals surface area (Å²) in [5.41, 5.74) is 0.116. The Morgan fingerprint density at radius 3 is 2.50 bits per heavy atom. The molecule has 1 amide bonds. The van der Waals surface area contributed by atoms with E-state index in [0.717, 1.165) is 5.75 Å². The summed E-state index contributed by atoms with van der Waals surface area (Å²) in [4.78, 5) is 22.3. The van der Waals surface area contributed by atoms with Gasteiger partial charge < -0.3 is 14.8 Å². The van der Waals surface area contributed by atoms with E-state index < -0.39 is 4.92 Å². The molecule has 0 heterocycles. The van der Waals surface area contributed by atoms with Crippen LogP contribution in [0, 0.1) is 10.1 Å². The van der Waals surface area contributed by atoms with Crippen molar-refractivity contribution in [1.82, 2.24) is 5.32 Å². The van der Waals surface area contributed by atoms with E-state index in [9.17, 15) is 14.9 Å². The highest BCUT2D eigenvalue weighted by atomic mass is 16.6. The Morgan fingerprint density at radius 2 is 1.88 bits per heavy atom. The van der Waals surface area contributed by atoms with Gasteiger partial charge in [0, 0.05) is 17.7 Å². The van der Waals surface area contributed by atoms with E-state index in [2.05, 4.69) is 5.32 Å². The lowest BCUT2D eigenvalue weighted by Crippen LogP contribution is -2.36. The van der Waals surface area contributed by atoms with Crippen molar-refractivity contribution < 1.29 is 19.2 Å². The lowest BCUT2D eigenvalue weighted by molar-refractivity contribution is -0.384. The van der Waals surface area contributed by atoms with Crippen molar-refractivity contribution in [2.45, 2.75) is 13.0 Å². The number of hydrogen-bond donors (Lipinski definition) is 1. The van der Waals surface area contributed by atoms with Gasteiger partial charge in [-0.3, -0.25) is 14.9 Å². The summed E-state index contributed by atoms with van der Waals surface area (Å²) >= 11 is 0. The maximum absolute atomic E-state index is 12.1. The molecule has 1 atom stereocenters. The van der Waals surface area contributed by atoms with Crippen LogP contribution in [0.5, 0.6) is 11.5 Å². The van der Waals surface area contributed by atoms with Gasteiger partial charge >= 0.3 is 0 Å². The molecule has 2 aromatic rings. The second-order valence-electron chi connectivity index (χ2n) is 5.17. The summed E-state index contributed by atoms with van der Waals surface area (Å²) in [7, 11) is 1.58. The van der Waals surface area contributed by atoms with Gasteiger partial charge in [0.25, 0.3) is 11.6 Å². The largest absolute Gasteiger partial charge is 0.497 e. The molecule has 2 aromatic carbocycles. The standard InChI is InChI=1S/C17H18N2O5/c1-12(11-24-16-8-6-15(23-2)7-9-16)18-17(20)13-4-3-5-14(10-13)19(21)22/h3-10,12H,11H2,1-2H3,(H,18,20)/t12-/m1/s1. The van der Waals surface area contributed by atoms with Crippen molar-refractivity contribution in [1.29, 1.82) is 0 Å². The van der Waals surface area contributed by atoms with Crippen LogP contribution in [0.2, 0.25) is 0 Å². The molecule has 0 unspecified atom stereocenters. The number of benzene rings is 2. The number of rotatable bonds is 7. The zero-order valence-electron chi connectivity index (χ0n) is 13.4. The van der Waals surface area contributed by atoms with Crippen LogP contribution in [0.3, 0.4) is 0 Å². The van der Waals surface area contributed by atoms with Crippen molar-refractivity contribution in [2.24, 2.45) is 0 Å². The zero-order valence-corrected chi connectivity index (χ0v) is 13.4. The van der Waals surface area contributed by atoms with Crippen molar-refractivity contribution in [3.05, 3.63) is 64.2 Å². The molecule has 0 bridgehead atoms. The van der Waals surface area contributed by atoms with E-state index >= 15 is 0 Å². The number of nitro benzene ring substituents is 1. The molecular weight excluding hydrogens is 312 g/mol. The van der Waals surface area contributed by atoms with Gasteiger partial charge in [-0.2, -0.15) is 0 Å². The quantitative estimate of drug-likeness (QED) is 0.622. The van der Waals surface area contributed by atoms with Gasteiger partial charge in [0.1, 0.15) is 18.1 Å². The number of carbonyl (C=O) groups excluding carboxylic acids is 1. The maximum Gasteiger partial charge on any atom is 0.270 e. The normalized spacial score (nSPS) is 11.4. The van der Waals surface area contributed by atoms with Crippen molar-refractivity contribution in [3.8, 4) is 11.5 Å². The molecule has 2 rings (SSSR count). The summed E-state index contributed by atoms with van der Waals surface area (Å²) in [5.74, 6) is 1.01. The smallest absolute Gasteiger partial charge is 0.270 e. The first-order chi connectivity index (χ1) is 11.5. The molecule has 0 spiro atoms. The molecule has 7 heteroatoms. The van der Waals surface area contributed by atoms with Gasteiger partial charge in [0.05, 0.1) is 18.1 Å². The third kappa shape index (κ3) is 4.70. The fraction of sp³-hybridized carbons (Fsp3) is 0.235. The summed E-state index contributed by atoms with van der Waals surface area (Å²) < 4.78 is 10.6. The Morgan fingerprint density at radius 1 is 1.21 bits per heavy atom. The summed E-state index contributed by atoms with van der Waals surface area (Å²) in [5, 5.41) is 13.5. The summed E-state index contributed by atoms with van der Waals surface area (Å²) in [6.45, 7) is 2.06. The first-order valence-corrected chi connectivity index (χ1v) is 7.32. The lowest BCUT2D eigenvalue weighted by atomic mass is 10.2. The highest BCUT2D eigenvalue weighted by Crippen LogP contribution is 2.17. The number of non-ortho nitro benzene ring substituents is 1. The van der Waals surface area contributed by atoms with Gasteiger partial charge in [-0.05, 0) is 37.3 Å². The number of methoxy groups -OCH3 is 1. The lowest BCUT2D eigenvalue weighted by Gasteiger charge is -2.15. The van der Waals surface area contributed by atoms with E-state index in [1.54, 1.807) is 38.3 Å². The fourth-order valence-electron chi connectivity index (χ4n) is 2.00. The molecule has 0 fully saturated rings. The van der Waals surface area contributed by atoms with Gasteiger partial charge in [-0.15, -0.1) is 0 Å². The fourth-order valence-corrected chi connectivity index (χ4v) is 2.00. The average Bonchev–Trinajstić information content (AvgIpc) is 2.60. The van der Waals surface area contributed by atoms with Crippen LogP contribution in [-0.2, 0) is 0 Å². The summed E-state index contributed by atoms with van der Waals surface area (Å²) in [6, 6.07) is 12.4. The third-order valence-electron chi connectivity index (χ3n) is 3.26. The predicted molar refractivity (Wildman–Crippen MR) is 88.5 cm³/mol. The first-order valence-electron chi connectivity index (χ1n) is 7.32. The van der Waals surface area contributed by atoms with Gasteiger partial charge in [-0.1, -0.05) is 6.07 Å². The van der Waals surface area contributed by atoms with Crippen molar-refractivity contribution in [3.63, 3.8) is 0 Å². The molecule has 0 radical (unpaired) electrons. The molecule has 0 aromatic heterocycles. The molecular formula is C17H18N2O5. The Kier molecular flexibility index (Phi) is 5.73. The number of nitrogens with zero attached hydrogens (tertiary/aromatic N) is 1. The number of carbonyl (C=O) groups is 1. The molecule has 0 aliphatic heterocycles. The van der Waals surface area contributed by atoms with E-state index in [1.165, 1.54) is 24.3 Å². The monoisotopic (exact) mass is 330 g/mol. The minimum atomic E-state index is -0.535. The Balaban J connectivity index is 1.89. The van der Waals surface area contributed by atoms with E-state index in [1.807, 2.05) is 0 Å². The Labute approximate surface area is 139 Å². The highest BCUT2D eigenvalue weighted by Gasteiger charge is 2.14. The van der Waals surface area contributed by atoms with E-state index in [0.29, 0.717) is 5.75 Å². The van der Waals surface area contributed by atoms with Crippen molar-refractivity contribution >= 4 is 11.6 Å². The predicted octanol–water partition coefficient (Wildman–Crippen LogP) is 2.80. The van der Waals surface area contributed by atoms with Crippen LogP contribution in [0.4, 0.5) is 5.69 Å². The van der Waals surface area contributed by atoms with Crippen LogP contribution in [0.15, 0.2) is 48.5 Å². The second kappa shape index (κ2) is 7.96. The number of nitro groups is 1. The summed E-state index contributed by atoms with van der Waals surface area (Å²) in [6.07, 6.45) is 0. The van der Waals surface area contributed by atoms with Crippen LogP contribution in [-0.4, -0.2) is 30.6 Å². The highest BCUT2D eigenvalue weighted by molar-refractivity contribution is 5.94. The van der Waals surface area contributed by atoms with Gasteiger partial charge in [-0.25, -0.2) is 0 Å². The number of hydrogen-bond acceptors (Lipinski definition) is 5. The second-order valence-corrected chi connectivity index (χ2v) is 5.17. The SMILES string of the molecule is COc1ccc(OC[C@@H](C)NC(=O)c2cccc([N+](=O)[O-])c2)cc1. The number of nitrogens with one attached hydrogen (secondary N) is 1. The third-order valence-corrected chi connectivity index (χ3v) is 3.26. The molecule has 24 heavy (non-hydrogen) atoms. The molecule has 0 aliphatic rings. The average molecular weight is 330 g/mol. The maximum atomic E-state index is 12.1. The van der Waals surface area contributed by atoms with E-state index in [4.69, 9.17) is 9.47 Å². The Hall–Kier alpha value is -3.09. The van der Waals surface area contributed by atoms with Crippen molar-refractivity contribution in [2.75, 3.05) is 13.7 Å². The molecule has 126 valence electrons. The molecule has 0 aliphatic carbocycles. The molecule has 7 nitrogen and oxygen atoms in total. The van der Waals surface area contributed by atoms with Crippen LogP contribution in [0.1, 0.15) is 17.3 Å². The minimum absolute atomic E-state index is 0.121. The first kappa shape index (κ1) is 17.3. The molecule has 1 N–H and O–H groups in total. The minimum Gasteiger partial charge on any atom is -0.497 e. The van der Waals surface area contributed by atoms with Crippen LogP contribution < -0.4 is 14.8 Å². The number of ether oxygens (including phenoxy) is 2. The number of amides is 1. The van der Waals surface area contributed by atoms with Gasteiger partial charge in [0.15, 0.2) is 0 Å². The Bertz CT molecular complexity index is 715.